The van der Waals surface area contributed by atoms with E-state index in [1.165, 1.54) is 0 Å². The van der Waals surface area contributed by atoms with Crippen molar-refractivity contribution in [3.8, 4) is 0 Å². The lowest BCUT2D eigenvalue weighted by molar-refractivity contribution is -0.141. The van der Waals surface area contributed by atoms with E-state index >= 15 is 0 Å². The van der Waals surface area contributed by atoms with Crippen LogP contribution in [0.25, 0.3) is 0 Å². The lowest BCUT2D eigenvalue weighted by Gasteiger charge is -2.34. The average molecular weight is 211 g/mol. The number of piperidine rings is 1. The van der Waals surface area contributed by atoms with Gasteiger partial charge in [0.25, 0.3) is 0 Å². The van der Waals surface area contributed by atoms with Crippen LogP contribution in [-0.4, -0.2) is 55.1 Å². The molecule has 0 N–H and O–H groups in total. The summed E-state index contributed by atoms with van der Waals surface area (Å²) < 4.78 is 5.24. The molecule has 2 saturated heterocycles. The summed E-state index contributed by atoms with van der Waals surface area (Å²) in [5.41, 5.74) is 0. The van der Waals surface area contributed by atoms with Gasteiger partial charge in [0.1, 0.15) is 0 Å². The zero-order chi connectivity index (χ0) is 10.7. The largest absolute Gasteiger partial charge is 0.378 e. The summed E-state index contributed by atoms with van der Waals surface area (Å²) in [5.74, 6) is 0.549. The molecule has 1 amide bonds. The van der Waals surface area contributed by atoms with Crippen LogP contribution in [0, 0.1) is 13.0 Å². The van der Waals surface area contributed by atoms with Crippen LogP contribution < -0.4 is 0 Å². The maximum atomic E-state index is 12.1. The van der Waals surface area contributed by atoms with Gasteiger partial charge in [0.15, 0.2) is 0 Å². The van der Waals surface area contributed by atoms with Gasteiger partial charge in [-0.25, -0.2) is 0 Å². The molecule has 0 aromatic rings. The van der Waals surface area contributed by atoms with Gasteiger partial charge >= 0.3 is 0 Å². The quantitative estimate of drug-likeness (QED) is 0.627. The summed E-state index contributed by atoms with van der Waals surface area (Å²) in [6.07, 6.45) is 1.92. The number of hydrogen-bond acceptors (Lipinski definition) is 3. The highest BCUT2D eigenvalue weighted by Crippen LogP contribution is 2.19. The van der Waals surface area contributed by atoms with E-state index in [0.29, 0.717) is 19.1 Å². The van der Waals surface area contributed by atoms with Crippen molar-refractivity contribution in [2.24, 2.45) is 5.92 Å². The predicted molar refractivity (Wildman–Crippen MR) is 57.1 cm³/mol. The topological polar surface area (TPSA) is 32.8 Å². The molecule has 0 aromatic heterocycles. The molecular formula is C11H19N2O2. The fraction of sp³-hybridized carbons (Fsp3) is 0.818. The first-order valence-electron chi connectivity index (χ1n) is 5.69. The number of morpholine rings is 1. The summed E-state index contributed by atoms with van der Waals surface area (Å²) in [7, 11) is 3.89. The second-order valence-corrected chi connectivity index (χ2v) is 4.33. The number of carbonyl (C=O) groups excluding carboxylic acids is 1. The van der Waals surface area contributed by atoms with Crippen LogP contribution in [0.3, 0.4) is 0 Å². The van der Waals surface area contributed by atoms with Gasteiger partial charge in [0.05, 0.1) is 13.2 Å². The molecule has 0 aromatic carbocycles. The van der Waals surface area contributed by atoms with Gasteiger partial charge in [0.2, 0.25) is 5.91 Å². The molecule has 15 heavy (non-hydrogen) atoms. The number of hydrogen-bond donors (Lipinski definition) is 0. The van der Waals surface area contributed by atoms with Crippen LogP contribution in [0.5, 0.6) is 0 Å². The van der Waals surface area contributed by atoms with E-state index in [4.69, 9.17) is 4.74 Å². The highest BCUT2D eigenvalue weighted by atomic mass is 16.5. The van der Waals surface area contributed by atoms with E-state index in [1.54, 1.807) is 0 Å². The molecule has 0 saturated carbocycles. The van der Waals surface area contributed by atoms with Gasteiger partial charge in [-0.15, -0.1) is 0 Å². The molecule has 0 atom stereocenters. The number of rotatable bonds is 1. The number of nitrogens with zero attached hydrogens (tertiary/aromatic N) is 2. The molecular weight excluding hydrogens is 192 g/mol. The van der Waals surface area contributed by atoms with E-state index in [1.807, 2.05) is 9.80 Å². The molecule has 0 bridgehead atoms. The van der Waals surface area contributed by atoms with Crippen LogP contribution in [0.1, 0.15) is 12.8 Å². The third-order valence-corrected chi connectivity index (χ3v) is 3.26. The Kier molecular flexibility index (Phi) is 3.59. The molecule has 2 fully saturated rings. The van der Waals surface area contributed by atoms with Gasteiger partial charge in [-0.2, -0.15) is 0 Å². The highest BCUT2D eigenvalue weighted by Gasteiger charge is 2.28. The van der Waals surface area contributed by atoms with Gasteiger partial charge < -0.3 is 14.5 Å². The smallest absolute Gasteiger partial charge is 0.225 e. The SMILES string of the molecule is [CH2]N1CCC(C(=O)N2CCOCC2)CC1. The first-order chi connectivity index (χ1) is 7.27. The molecule has 0 aliphatic carbocycles. The van der Waals surface area contributed by atoms with E-state index in [9.17, 15) is 4.79 Å². The Morgan fingerprint density at radius 2 is 1.73 bits per heavy atom. The molecule has 4 heteroatoms. The number of amides is 1. The maximum Gasteiger partial charge on any atom is 0.225 e. The monoisotopic (exact) mass is 211 g/mol. The zero-order valence-corrected chi connectivity index (χ0v) is 9.15. The second kappa shape index (κ2) is 4.94. The predicted octanol–water partition coefficient (Wildman–Crippen LogP) is 0.349. The summed E-state index contributed by atoms with van der Waals surface area (Å²) in [6.45, 7) is 4.81. The number of carbonyl (C=O) groups is 1. The van der Waals surface area contributed by atoms with Crippen molar-refractivity contribution in [2.45, 2.75) is 12.8 Å². The molecule has 85 valence electrons. The average Bonchev–Trinajstić information content (AvgIpc) is 2.30. The first-order valence-corrected chi connectivity index (χ1v) is 5.69. The molecule has 2 heterocycles. The summed E-state index contributed by atoms with van der Waals surface area (Å²) in [5, 5.41) is 0. The van der Waals surface area contributed by atoms with Crippen LogP contribution in [0.2, 0.25) is 0 Å². The molecule has 2 aliphatic heterocycles. The molecule has 1 radical (unpaired) electrons. The van der Waals surface area contributed by atoms with Crippen LogP contribution in [0.4, 0.5) is 0 Å². The van der Waals surface area contributed by atoms with Crippen LogP contribution >= 0.6 is 0 Å². The van der Waals surface area contributed by atoms with Crippen molar-refractivity contribution < 1.29 is 9.53 Å². The molecule has 0 unspecified atom stereocenters. The number of likely N-dealkylation sites (tertiary alicyclic amines) is 1. The zero-order valence-electron chi connectivity index (χ0n) is 9.15. The van der Waals surface area contributed by atoms with Gasteiger partial charge in [-0.3, -0.25) is 4.79 Å². The molecule has 4 nitrogen and oxygen atoms in total. The van der Waals surface area contributed by atoms with Crippen molar-refractivity contribution in [1.82, 2.24) is 9.80 Å². The van der Waals surface area contributed by atoms with Crippen LogP contribution in [-0.2, 0) is 9.53 Å². The normalized spacial score (nSPS) is 25.5. The van der Waals surface area contributed by atoms with Crippen molar-refractivity contribution in [3.63, 3.8) is 0 Å². The van der Waals surface area contributed by atoms with Crippen molar-refractivity contribution >= 4 is 5.91 Å². The van der Waals surface area contributed by atoms with Gasteiger partial charge in [-0.05, 0) is 25.9 Å². The van der Waals surface area contributed by atoms with Gasteiger partial charge in [-0.1, -0.05) is 0 Å². The summed E-state index contributed by atoms with van der Waals surface area (Å²) in [4.78, 5) is 16.1. The standard InChI is InChI=1S/C11H19N2O2/c1-12-4-2-10(3-5-12)11(14)13-6-8-15-9-7-13/h10H,1-9H2. The fourth-order valence-corrected chi connectivity index (χ4v) is 2.22. The van der Waals surface area contributed by atoms with E-state index in [0.717, 1.165) is 39.0 Å². The minimum atomic E-state index is 0.223. The number of ether oxygens (including phenoxy) is 1. The van der Waals surface area contributed by atoms with Gasteiger partial charge in [0, 0.05) is 26.1 Å². The third kappa shape index (κ3) is 2.69. The Morgan fingerprint density at radius 1 is 1.13 bits per heavy atom. The molecule has 2 rings (SSSR count). The minimum absolute atomic E-state index is 0.223. The third-order valence-electron chi connectivity index (χ3n) is 3.26. The van der Waals surface area contributed by atoms with Crippen molar-refractivity contribution in [3.05, 3.63) is 7.05 Å². The minimum Gasteiger partial charge on any atom is -0.378 e. The van der Waals surface area contributed by atoms with Crippen molar-refractivity contribution in [2.75, 3.05) is 39.4 Å². The first kappa shape index (κ1) is 10.9. The van der Waals surface area contributed by atoms with Crippen LogP contribution in [0.15, 0.2) is 0 Å². The lowest BCUT2D eigenvalue weighted by atomic mass is 9.95. The molecule has 0 spiro atoms. The summed E-state index contributed by atoms with van der Waals surface area (Å²) in [6, 6.07) is 0. The Hall–Kier alpha value is -0.610. The lowest BCUT2D eigenvalue weighted by Crippen LogP contribution is -2.46. The highest BCUT2D eigenvalue weighted by molar-refractivity contribution is 5.79. The Morgan fingerprint density at radius 3 is 2.33 bits per heavy atom. The Bertz CT molecular complexity index is 219. The maximum absolute atomic E-state index is 12.1. The molecule has 2 aliphatic rings. The Labute approximate surface area is 91.2 Å². The van der Waals surface area contributed by atoms with E-state index < -0.39 is 0 Å². The van der Waals surface area contributed by atoms with E-state index in [2.05, 4.69) is 7.05 Å². The Balaban J connectivity index is 1.84. The fourth-order valence-electron chi connectivity index (χ4n) is 2.22. The van der Waals surface area contributed by atoms with Crippen molar-refractivity contribution in [1.29, 1.82) is 0 Å². The second-order valence-electron chi connectivity index (χ2n) is 4.33. The van der Waals surface area contributed by atoms with E-state index in [-0.39, 0.29) is 5.92 Å². The summed E-state index contributed by atoms with van der Waals surface area (Å²) >= 11 is 0.